The second-order valence-corrected chi connectivity index (χ2v) is 7.92. The molecular formula is C21H20ClN7O. The zero-order valence-corrected chi connectivity index (χ0v) is 17.5. The number of aryl methyl sites for hydroxylation is 2. The number of nitrogens with zero attached hydrogens (tertiary/aromatic N) is 5. The number of aliphatic hydroxyl groups is 1. The summed E-state index contributed by atoms with van der Waals surface area (Å²) in [5.41, 5.74) is 3.78. The summed E-state index contributed by atoms with van der Waals surface area (Å²) < 4.78 is 0. The van der Waals surface area contributed by atoms with Gasteiger partial charge in [-0.2, -0.15) is 5.26 Å². The second-order valence-electron chi connectivity index (χ2n) is 7.54. The highest BCUT2D eigenvalue weighted by Crippen LogP contribution is 2.41. The van der Waals surface area contributed by atoms with Crippen molar-refractivity contribution < 1.29 is 5.11 Å². The number of halogens is 1. The third kappa shape index (κ3) is 3.43. The summed E-state index contributed by atoms with van der Waals surface area (Å²) >= 11 is 6.31. The maximum atomic E-state index is 9.89. The molecule has 0 bridgehead atoms. The van der Waals surface area contributed by atoms with Crippen LogP contribution in [0.25, 0.3) is 11.3 Å². The molecule has 0 spiro atoms. The zero-order valence-electron chi connectivity index (χ0n) is 16.8. The molecule has 2 aromatic heterocycles. The quantitative estimate of drug-likeness (QED) is 0.585. The number of hydrogen-bond donors (Lipinski definition) is 3. The van der Waals surface area contributed by atoms with Crippen molar-refractivity contribution in [2.24, 2.45) is 0 Å². The molecule has 3 N–H and O–H groups in total. The minimum absolute atomic E-state index is 0.0250. The topological polar surface area (TPSA) is 120 Å². The summed E-state index contributed by atoms with van der Waals surface area (Å²) in [6.45, 7) is 6.10. The van der Waals surface area contributed by atoms with Gasteiger partial charge < -0.3 is 15.7 Å². The van der Waals surface area contributed by atoms with Gasteiger partial charge in [0.2, 0.25) is 5.95 Å². The summed E-state index contributed by atoms with van der Waals surface area (Å²) in [5, 5.41) is 26.2. The standard InChI is InChI=1S/C21H20ClN7O/c1-11-17(22)19(27-12(2)26-11)29-20-24-5-4-16(28-20)13-6-14(8-23)18-15(7-13)21(3,10-30)9-25-18/h4-7,25,30H,9-10H2,1-3H3,(H,24,26,27,28,29)/t21-/m1/s1. The molecule has 0 amide bonds. The van der Waals surface area contributed by atoms with Gasteiger partial charge in [0.25, 0.3) is 0 Å². The van der Waals surface area contributed by atoms with E-state index >= 15 is 0 Å². The van der Waals surface area contributed by atoms with Crippen molar-refractivity contribution in [3.05, 3.63) is 52.1 Å². The van der Waals surface area contributed by atoms with Gasteiger partial charge in [-0.15, -0.1) is 0 Å². The lowest BCUT2D eigenvalue weighted by Gasteiger charge is -2.21. The van der Waals surface area contributed by atoms with E-state index < -0.39 is 5.41 Å². The van der Waals surface area contributed by atoms with Crippen molar-refractivity contribution >= 4 is 29.1 Å². The lowest BCUT2D eigenvalue weighted by Crippen LogP contribution is -2.28. The molecule has 3 heterocycles. The number of aromatic nitrogens is 4. The van der Waals surface area contributed by atoms with Crippen LogP contribution >= 0.6 is 11.6 Å². The first kappa shape index (κ1) is 20.0. The molecule has 4 rings (SSSR count). The summed E-state index contributed by atoms with van der Waals surface area (Å²) in [4.78, 5) is 17.4. The molecule has 0 radical (unpaired) electrons. The Labute approximate surface area is 179 Å². The Morgan fingerprint density at radius 1 is 1.30 bits per heavy atom. The molecule has 1 aliphatic rings. The van der Waals surface area contributed by atoms with Crippen molar-refractivity contribution in [2.45, 2.75) is 26.2 Å². The van der Waals surface area contributed by atoms with Crippen molar-refractivity contribution in [3.8, 4) is 17.3 Å². The average molecular weight is 422 g/mol. The van der Waals surface area contributed by atoms with E-state index in [2.05, 4.69) is 36.6 Å². The van der Waals surface area contributed by atoms with Crippen LogP contribution in [0.1, 0.15) is 29.6 Å². The minimum Gasteiger partial charge on any atom is -0.395 e. The monoisotopic (exact) mass is 421 g/mol. The second kappa shape index (κ2) is 7.52. The van der Waals surface area contributed by atoms with Crippen molar-refractivity contribution in [3.63, 3.8) is 0 Å². The molecule has 1 atom stereocenters. The van der Waals surface area contributed by atoms with Crippen LogP contribution < -0.4 is 10.6 Å². The van der Waals surface area contributed by atoms with Gasteiger partial charge >= 0.3 is 0 Å². The molecule has 30 heavy (non-hydrogen) atoms. The molecule has 0 saturated carbocycles. The fourth-order valence-corrected chi connectivity index (χ4v) is 3.66. The number of fused-ring (bicyclic) bond motifs is 1. The Balaban J connectivity index is 1.75. The highest BCUT2D eigenvalue weighted by molar-refractivity contribution is 6.33. The maximum Gasteiger partial charge on any atom is 0.228 e. The molecular weight excluding hydrogens is 402 g/mol. The van der Waals surface area contributed by atoms with Crippen LogP contribution in [0.2, 0.25) is 5.02 Å². The van der Waals surface area contributed by atoms with Crippen LogP contribution in [-0.4, -0.2) is 38.2 Å². The van der Waals surface area contributed by atoms with E-state index in [-0.39, 0.29) is 6.61 Å². The Bertz CT molecular complexity index is 1190. The molecule has 0 fully saturated rings. The molecule has 3 aromatic rings. The van der Waals surface area contributed by atoms with Gasteiger partial charge in [0.15, 0.2) is 5.82 Å². The predicted molar refractivity (Wildman–Crippen MR) is 115 cm³/mol. The summed E-state index contributed by atoms with van der Waals surface area (Å²) in [6.07, 6.45) is 1.63. The first-order chi connectivity index (χ1) is 14.3. The predicted octanol–water partition coefficient (Wildman–Crippen LogP) is 3.49. The fraction of sp³-hybridized carbons (Fsp3) is 0.286. The van der Waals surface area contributed by atoms with Crippen LogP contribution in [0.5, 0.6) is 0 Å². The Morgan fingerprint density at radius 3 is 2.83 bits per heavy atom. The van der Waals surface area contributed by atoms with E-state index in [0.29, 0.717) is 46.1 Å². The number of nitrogens with one attached hydrogen (secondary N) is 2. The minimum atomic E-state index is -0.464. The third-order valence-electron chi connectivity index (χ3n) is 5.22. The van der Waals surface area contributed by atoms with Crippen LogP contribution in [-0.2, 0) is 5.41 Å². The molecule has 0 unspecified atom stereocenters. The van der Waals surface area contributed by atoms with Crippen LogP contribution in [0, 0.1) is 25.2 Å². The molecule has 9 heteroatoms. The van der Waals surface area contributed by atoms with Gasteiger partial charge in [0.05, 0.1) is 29.2 Å². The normalized spacial score (nSPS) is 17.2. The highest BCUT2D eigenvalue weighted by atomic mass is 35.5. The van der Waals surface area contributed by atoms with Gasteiger partial charge in [-0.1, -0.05) is 18.5 Å². The number of hydrogen-bond acceptors (Lipinski definition) is 8. The van der Waals surface area contributed by atoms with E-state index in [4.69, 9.17) is 11.6 Å². The van der Waals surface area contributed by atoms with Gasteiger partial charge in [-0.25, -0.2) is 19.9 Å². The SMILES string of the molecule is Cc1nc(C)c(Cl)c(Nc2nccc(-c3cc(C#N)c4c(c3)[C@@](C)(CO)CN4)n2)n1. The number of aliphatic hydroxyl groups excluding tert-OH is 1. The fourth-order valence-electron chi connectivity index (χ4n) is 3.53. The number of anilines is 3. The summed E-state index contributed by atoms with van der Waals surface area (Å²) in [5.74, 6) is 1.35. The first-order valence-electron chi connectivity index (χ1n) is 9.39. The number of benzene rings is 1. The lowest BCUT2D eigenvalue weighted by molar-refractivity contribution is 0.219. The van der Waals surface area contributed by atoms with Gasteiger partial charge in [0.1, 0.15) is 16.9 Å². The van der Waals surface area contributed by atoms with Crippen LogP contribution in [0.3, 0.4) is 0 Å². The largest absolute Gasteiger partial charge is 0.395 e. The van der Waals surface area contributed by atoms with E-state index in [1.54, 1.807) is 32.2 Å². The maximum absolute atomic E-state index is 9.89. The summed E-state index contributed by atoms with van der Waals surface area (Å²) in [7, 11) is 0. The Morgan fingerprint density at radius 2 is 2.10 bits per heavy atom. The van der Waals surface area contributed by atoms with Gasteiger partial charge in [0, 0.05) is 23.7 Å². The Hall–Kier alpha value is -3.28. The Kier molecular flexibility index (Phi) is 5.02. The molecule has 0 saturated heterocycles. The summed E-state index contributed by atoms with van der Waals surface area (Å²) in [6, 6.07) is 7.75. The van der Waals surface area contributed by atoms with E-state index in [0.717, 1.165) is 16.8 Å². The zero-order chi connectivity index (χ0) is 21.5. The van der Waals surface area contributed by atoms with E-state index in [1.165, 1.54) is 0 Å². The van der Waals surface area contributed by atoms with Gasteiger partial charge in [-0.05, 0) is 37.6 Å². The van der Waals surface area contributed by atoms with Crippen LogP contribution in [0.4, 0.5) is 17.5 Å². The number of nitriles is 1. The smallest absolute Gasteiger partial charge is 0.228 e. The van der Waals surface area contributed by atoms with Crippen molar-refractivity contribution in [1.82, 2.24) is 19.9 Å². The van der Waals surface area contributed by atoms with Crippen molar-refractivity contribution in [2.75, 3.05) is 23.8 Å². The third-order valence-corrected chi connectivity index (χ3v) is 5.68. The number of rotatable bonds is 4. The molecule has 152 valence electrons. The average Bonchev–Trinajstić information content (AvgIpc) is 3.08. The molecule has 0 aliphatic carbocycles. The highest BCUT2D eigenvalue weighted by Gasteiger charge is 2.35. The van der Waals surface area contributed by atoms with Gasteiger partial charge in [-0.3, -0.25) is 0 Å². The first-order valence-corrected chi connectivity index (χ1v) is 9.77. The molecule has 1 aromatic carbocycles. The van der Waals surface area contributed by atoms with Crippen molar-refractivity contribution in [1.29, 1.82) is 5.26 Å². The lowest BCUT2D eigenvalue weighted by atomic mass is 9.83. The van der Waals surface area contributed by atoms with E-state index in [1.807, 2.05) is 13.0 Å². The van der Waals surface area contributed by atoms with E-state index in [9.17, 15) is 10.4 Å². The molecule has 8 nitrogen and oxygen atoms in total. The van der Waals surface area contributed by atoms with Crippen LogP contribution in [0.15, 0.2) is 24.4 Å². The molecule has 1 aliphatic heterocycles.